The van der Waals surface area contributed by atoms with Crippen LogP contribution in [0.5, 0.6) is 0 Å². The molecule has 4 nitrogen and oxygen atoms in total. The second-order valence-electron chi connectivity index (χ2n) is 12.2. The van der Waals surface area contributed by atoms with Crippen LogP contribution < -0.4 is 0 Å². The Hall–Kier alpha value is -6.52. The van der Waals surface area contributed by atoms with Crippen LogP contribution in [0, 0.1) is 0 Å². The molecule has 0 saturated heterocycles. The molecule has 0 N–H and O–H groups in total. The average Bonchev–Trinajstić information content (AvgIpc) is 3.78. The standard InChI is InChI=1S/C44H26N2O2/c1-2-10-32-26-36-35(25-31(32)9-1)41(27-17-21-29(22-18-27)43-45-37-13-5-7-15-39(37)47-43)33-11-3-4-12-34(33)42(36)28-19-23-30(24-20-28)44-46-38-14-6-8-16-40(38)48-44/h1-26H. The minimum Gasteiger partial charge on any atom is -0.436 e. The van der Waals surface area contributed by atoms with Crippen molar-refractivity contribution < 1.29 is 8.83 Å². The predicted octanol–water partition coefficient (Wildman–Crippen LogP) is 12.1. The topological polar surface area (TPSA) is 52.1 Å². The molecular weight excluding hydrogens is 588 g/mol. The molecule has 0 unspecified atom stereocenters. The first kappa shape index (κ1) is 26.7. The molecule has 0 fully saturated rings. The number of nitrogens with zero attached hydrogens (tertiary/aromatic N) is 2. The number of oxazole rings is 2. The molecule has 0 radical (unpaired) electrons. The number of benzene rings is 8. The first-order valence-electron chi connectivity index (χ1n) is 16.1. The fourth-order valence-electron chi connectivity index (χ4n) is 7.04. The Morgan fingerprint density at radius 3 is 1.15 bits per heavy atom. The van der Waals surface area contributed by atoms with Gasteiger partial charge in [0.15, 0.2) is 11.2 Å². The molecule has 0 spiro atoms. The molecule has 224 valence electrons. The maximum atomic E-state index is 6.08. The SMILES string of the molecule is c1ccc2cc3c(-c4ccc(-c5nc6ccccc6o5)cc4)c4ccccc4c(-c4ccc(-c5nc6ccccc6o5)cc4)c3cc2c1. The summed E-state index contributed by atoms with van der Waals surface area (Å²) in [5.41, 5.74) is 9.90. The minimum atomic E-state index is 0.625. The van der Waals surface area contributed by atoms with Crippen LogP contribution in [0.2, 0.25) is 0 Å². The van der Waals surface area contributed by atoms with Crippen molar-refractivity contribution in [3.05, 3.63) is 158 Å². The third-order valence-electron chi connectivity index (χ3n) is 9.32. The summed E-state index contributed by atoms with van der Waals surface area (Å²) in [7, 11) is 0. The van der Waals surface area contributed by atoms with Gasteiger partial charge >= 0.3 is 0 Å². The van der Waals surface area contributed by atoms with Crippen LogP contribution in [-0.4, -0.2) is 9.97 Å². The van der Waals surface area contributed by atoms with E-state index < -0.39 is 0 Å². The van der Waals surface area contributed by atoms with Gasteiger partial charge in [-0.1, -0.05) is 97.1 Å². The van der Waals surface area contributed by atoms with Crippen molar-refractivity contribution in [2.24, 2.45) is 0 Å². The van der Waals surface area contributed by atoms with Crippen LogP contribution in [0.3, 0.4) is 0 Å². The third-order valence-corrected chi connectivity index (χ3v) is 9.32. The Balaban J connectivity index is 1.17. The Morgan fingerprint density at radius 2 is 0.708 bits per heavy atom. The van der Waals surface area contributed by atoms with E-state index in [-0.39, 0.29) is 0 Å². The normalized spacial score (nSPS) is 11.8. The lowest BCUT2D eigenvalue weighted by Crippen LogP contribution is -1.92. The molecule has 0 atom stereocenters. The lowest BCUT2D eigenvalue weighted by Gasteiger charge is -2.19. The smallest absolute Gasteiger partial charge is 0.227 e. The van der Waals surface area contributed by atoms with E-state index in [0.29, 0.717) is 11.8 Å². The van der Waals surface area contributed by atoms with E-state index in [1.165, 1.54) is 43.4 Å². The van der Waals surface area contributed by atoms with Crippen molar-refractivity contribution in [1.82, 2.24) is 9.97 Å². The van der Waals surface area contributed by atoms with Gasteiger partial charge in [-0.3, -0.25) is 0 Å². The van der Waals surface area contributed by atoms with Gasteiger partial charge in [-0.2, -0.15) is 0 Å². The second-order valence-corrected chi connectivity index (χ2v) is 12.2. The molecule has 10 aromatic rings. The van der Waals surface area contributed by atoms with Crippen LogP contribution in [0.25, 0.3) is 99.7 Å². The van der Waals surface area contributed by atoms with E-state index in [1.54, 1.807) is 0 Å². The summed E-state index contributed by atoms with van der Waals surface area (Å²) in [6.45, 7) is 0. The van der Waals surface area contributed by atoms with Gasteiger partial charge in [-0.25, -0.2) is 9.97 Å². The Kier molecular flexibility index (Phi) is 5.84. The van der Waals surface area contributed by atoms with Crippen LogP contribution in [0.1, 0.15) is 0 Å². The van der Waals surface area contributed by atoms with Crippen molar-refractivity contribution in [3.63, 3.8) is 0 Å². The van der Waals surface area contributed by atoms with Crippen molar-refractivity contribution in [1.29, 1.82) is 0 Å². The van der Waals surface area contributed by atoms with Crippen LogP contribution in [0.15, 0.2) is 167 Å². The van der Waals surface area contributed by atoms with E-state index in [2.05, 4.69) is 109 Å². The molecule has 0 aliphatic carbocycles. The second kappa shape index (κ2) is 10.5. The summed E-state index contributed by atoms with van der Waals surface area (Å²) in [5.74, 6) is 1.25. The van der Waals surface area contributed by atoms with Crippen molar-refractivity contribution in [2.45, 2.75) is 0 Å². The maximum Gasteiger partial charge on any atom is 0.227 e. The molecule has 0 aliphatic heterocycles. The van der Waals surface area contributed by atoms with Gasteiger partial charge in [-0.05, 0) is 115 Å². The lowest BCUT2D eigenvalue weighted by molar-refractivity contribution is 0.619. The molecule has 10 rings (SSSR count). The van der Waals surface area contributed by atoms with Gasteiger partial charge in [0, 0.05) is 11.1 Å². The molecule has 0 amide bonds. The van der Waals surface area contributed by atoms with Gasteiger partial charge in [0.25, 0.3) is 0 Å². The molecule has 2 aromatic heterocycles. The van der Waals surface area contributed by atoms with Crippen LogP contribution >= 0.6 is 0 Å². The van der Waals surface area contributed by atoms with E-state index in [0.717, 1.165) is 44.5 Å². The number of hydrogen-bond acceptors (Lipinski definition) is 4. The molecule has 2 heterocycles. The zero-order valence-corrected chi connectivity index (χ0v) is 25.7. The number of para-hydroxylation sites is 4. The first-order chi connectivity index (χ1) is 23.8. The van der Waals surface area contributed by atoms with E-state index in [1.807, 2.05) is 48.5 Å². The van der Waals surface area contributed by atoms with Gasteiger partial charge < -0.3 is 8.83 Å². The molecular formula is C44H26N2O2. The van der Waals surface area contributed by atoms with Crippen molar-refractivity contribution in [2.75, 3.05) is 0 Å². The fraction of sp³-hybridized carbons (Fsp3) is 0. The summed E-state index contributed by atoms with van der Waals surface area (Å²) >= 11 is 0. The van der Waals surface area contributed by atoms with E-state index >= 15 is 0 Å². The number of aromatic nitrogens is 2. The highest BCUT2D eigenvalue weighted by atomic mass is 16.4. The zero-order chi connectivity index (χ0) is 31.6. The first-order valence-corrected chi connectivity index (χ1v) is 16.1. The zero-order valence-electron chi connectivity index (χ0n) is 25.7. The molecule has 4 heteroatoms. The largest absolute Gasteiger partial charge is 0.436 e. The summed E-state index contributed by atoms with van der Waals surface area (Å²) in [4.78, 5) is 9.45. The average molecular weight is 615 g/mol. The van der Waals surface area contributed by atoms with E-state index in [4.69, 9.17) is 18.8 Å². The van der Waals surface area contributed by atoms with Gasteiger partial charge in [0.1, 0.15) is 11.0 Å². The Labute approximate surface area is 275 Å². The summed E-state index contributed by atoms with van der Waals surface area (Å²) in [5, 5.41) is 7.24. The highest BCUT2D eigenvalue weighted by Gasteiger charge is 2.19. The van der Waals surface area contributed by atoms with Crippen LogP contribution in [0.4, 0.5) is 0 Å². The summed E-state index contributed by atoms with van der Waals surface area (Å²) < 4.78 is 12.2. The van der Waals surface area contributed by atoms with Crippen LogP contribution in [-0.2, 0) is 0 Å². The molecule has 0 bridgehead atoms. The number of hydrogen-bond donors (Lipinski definition) is 0. The molecule has 8 aromatic carbocycles. The number of fused-ring (bicyclic) bond motifs is 5. The highest BCUT2D eigenvalue weighted by Crippen LogP contribution is 2.45. The van der Waals surface area contributed by atoms with Crippen molar-refractivity contribution in [3.8, 4) is 45.2 Å². The molecule has 48 heavy (non-hydrogen) atoms. The Morgan fingerprint density at radius 1 is 0.333 bits per heavy atom. The minimum absolute atomic E-state index is 0.625. The molecule has 0 aliphatic rings. The highest BCUT2D eigenvalue weighted by molar-refractivity contribution is 6.23. The number of rotatable bonds is 4. The van der Waals surface area contributed by atoms with Crippen molar-refractivity contribution >= 4 is 54.5 Å². The van der Waals surface area contributed by atoms with E-state index in [9.17, 15) is 0 Å². The quantitative estimate of drug-likeness (QED) is 0.185. The summed E-state index contributed by atoms with van der Waals surface area (Å²) in [6.07, 6.45) is 0. The third kappa shape index (κ3) is 4.24. The molecule has 0 saturated carbocycles. The van der Waals surface area contributed by atoms with Gasteiger partial charge in [0.05, 0.1) is 0 Å². The van der Waals surface area contributed by atoms with Gasteiger partial charge in [0.2, 0.25) is 11.8 Å². The van der Waals surface area contributed by atoms with Gasteiger partial charge in [-0.15, -0.1) is 0 Å². The Bertz CT molecular complexity index is 2560. The predicted molar refractivity (Wildman–Crippen MR) is 196 cm³/mol. The monoisotopic (exact) mass is 614 g/mol. The lowest BCUT2D eigenvalue weighted by atomic mass is 9.84. The summed E-state index contributed by atoms with van der Waals surface area (Å²) in [6, 6.07) is 55.0. The fourth-order valence-corrected chi connectivity index (χ4v) is 7.04. The maximum absolute atomic E-state index is 6.08.